The van der Waals surface area contributed by atoms with E-state index in [2.05, 4.69) is 53.7 Å². The number of hydrogen-bond acceptors (Lipinski definition) is 3. The molecule has 0 aromatic heterocycles. The van der Waals surface area contributed by atoms with Crippen LogP contribution in [0.2, 0.25) is 0 Å². The van der Waals surface area contributed by atoms with Crippen molar-refractivity contribution in [1.29, 1.82) is 0 Å². The van der Waals surface area contributed by atoms with Crippen LogP contribution in [0.5, 0.6) is 5.75 Å². The molecule has 1 saturated heterocycles. The second-order valence-electron chi connectivity index (χ2n) is 10.3. The van der Waals surface area contributed by atoms with Gasteiger partial charge in [-0.15, -0.1) is 0 Å². The number of hydrogen-bond donors (Lipinski definition) is 1. The van der Waals surface area contributed by atoms with Crippen LogP contribution in [0, 0.1) is 11.8 Å². The molecule has 0 radical (unpaired) electrons. The van der Waals surface area contributed by atoms with Gasteiger partial charge in [0, 0.05) is 11.5 Å². The molecule has 0 bridgehead atoms. The predicted molar refractivity (Wildman–Crippen MR) is 106 cm³/mol. The van der Waals surface area contributed by atoms with Crippen molar-refractivity contribution in [1.82, 2.24) is 0 Å². The summed E-state index contributed by atoms with van der Waals surface area (Å²) in [6.45, 7) is 14.4. The SMILES string of the molecule is CC(C)(C)c1cc(C2OCC(C3CCCC3)CO2)cc(C(C)(C)C)c1O. The highest BCUT2D eigenvalue weighted by Gasteiger charge is 2.33. The molecule has 0 spiro atoms. The second-order valence-corrected chi connectivity index (χ2v) is 10.3. The molecule has 0 unspecified atom stereocenters. The molecule has 1 aliphatic carbocycles. The summed E-state index contributed by atoms with van der Waals surface area (Å²) in [7, 11) is 0. The molecule has 2 fully saturated rings. The van der Waals surface area contributed by atoms with E-state index in [9.17, 15) is 5.11 Å². The molecule has 2 aliphatic rings. The van der Waals surface area contributed by atoms with Gasteiger partial charge in [-0.1, -0.05) is 67.2 Å². The van der Waals surface area contributed by atoms with Gasteiger partial charge in [0.15, 0.2) is 6.29 Å². The summed E-state index contributed by atoms with van der Waals surface area (Å²) in [5.74, 6) is 1.72. The fourth-order valence-corrected chi connectivity index (χ4v) is 4.35. The molecule has 0 amide bonds. The number of ether oxygens (including phenoxy) is 2. The molecule has 1 aliphatic heterocycles. The Labute approximate surface area is 159 Å². The lowest BCUT2D eigenvalue weighted by molar-refractivity contribution is -0.212. The third kappa shape index (κ3) is 4.09. The maximum absolute atomic E-state index is 10.9. The van der Waals surface area contributed by atoms with Crippen molar-refractivity contribution >= 4 is 0 Å². The van der Waals surface area contributed by atoms with Crippen LogP contribution >= 0.6 is 0 Å². The van der Waals surface area contributed by atoms with Crippen LogP contribution < -0.4 is 0 Å². The number of aromatic hydroxyl groups is 1. The largest absolute Gasteiger partial charge is 0.507 e. The van der Waals surface area contributed by atoms with E-state index in [1.54, 1.807) is 0 Å². The molecule has 26 heavy (non-hydrogen) atoms. The van der Waals surface area contributed by atoms with Crippen molar-refractivity contribution in [2.45, 2.75) is 84.3 Å². The molecule has 3 heteroatoms. The zero-order valence-corrected chi connectivity index (χ0v) is 17.4. The van der Waals surface area contributed by atoms with Crippen LogP contribution in [-0.2, 0) is 20.3 Å². The van der Waals surface area contributed by atoms with E-state index in [-0.39, 0.29) is 17.1 Å². The molecule has 1 saturated carbocycles. The Bertz CT molecular complexity index is 587. The van der Waals surface area contributed by atoms with Crippen molar-refractivity contribution in [3.63, 3.8) is 0 Å². The minimum atomic E-state index is -0.324. The molecule has 1 N–H and O–H groups in total. The highest BCUT2D eigenvalue weighted by molar-refractivity contribution is 5.50. The van der Waals surface area contributed by atoms with Crippen LogP contribution in [0.1, 0.15) is 90.2 Å². The Kier molecular flexibility index (Phi) is 5.43. The monoisotopic (exact) mass is 360 g/mol. The highest BCUT2D eigenvalue weighted by Crippen LogP contribution is 2.43. The van der Waals surface area contributed by atoms with Crippen molar-refractivity contribution in [2.24, 2.45) is 11.8 Å². The Hall–Kier alpha value is -1.06. The van der Waals surface area contributed by atoms with Gasteiger partial charge in [0.2, 0.25) is 0 Å². The first-order valence-corrected chi connectivity index (χ1v) is 10.2. The zero-order chi connectivity index (χ0) is 19.1. The summed E-state index contributed by atoms with van der Waals surface area (Å²) in [5.41, 5.74) is 2.68. The van der Waals surface area contributed by atoms with E-state index >= 15 is 0 Å². The number of rotatable bonds is 2. The van der Waals surface area contributed by atoms with Gasteiger partial charge in [-0.2, -0.15) is 0 Å². The van der Waals surface area contributed by atoms with E-state index in [0.29, 0.717) is 11.7 Å². The maximum atomic E-state index is 10.9. The zero-order valence-electron chi connectivity index (χ0n) is 17.4. The summed E-state index contributed by atoms with van der Waals surface area (Å²) >= 11 is 0. The summed E-state index contributed by atoms with van der Waals surface area (Å²) in [6, 6.07) is 4.15. The highest BCUT2D eigenvalue weighted by atomic mass is 16.7. The molecule has 3 nitrogen and oxygen atoms in total. The van der Waals surface area contributed by atoms with Crippen LogP contribution in [0.15, 0.2) is 12.1 Å². The van der Waals surface area contributed by atoms with Gasteiger partial charge in [0.25, 0.3) is 0 Å². The molecule has 146 valence electrons. The quantitative estimate of drug-likeness (QED) is 0.720. The first-order chi connectivity index (χ1) is 12.1. The van der Waals surface area contributed by atoms with Gasteiger partial charge in [0.1, 0.15) is 5.75 Å². The first kappa shape index (κ1) is 19.7. The summed E-state index contributed by atoms with van der Waals surface area (Å²) < 4.78 is 12.3. The molecule has 1 heterocycles. The average molecular weight is 361 g/mol. The second kappa shape index (κ2) is 7.16. The molecule has 1 aromatic carbocycles. The van der Waals surface area contributed by atoms with Crippen LogP contribution in [0.25, 0.3) is 0 Å². The molecule has 1 aromatic rings. The van der Waals surface area contributed by atoms with Crippen molar-refractivity contribution < 1.29 is 14.6 Å². The van der Waals surface area contributed by atoms with Gasteiger partial charge in [0.05, 0.1) is 13.2 Å². The van der Waals surface area contributed by atoms with Crippen LogP contribution in [0.4, 0.5) is 0 Å². The lowest BCUT2D eigenvalue weighted by atomic mass is 9.78. The molecular formula is C23H36O3. The van der Waals surface area contributed by atoms with Crippen molar-refractivity contribution in [3.8, 4) is 5.75 Å². The average Bonchev–Trinajstić information content (AvgIpc) is 3.07. The van der Waals surface area contributed by atoms with Crippen LogP contribution in [0.3, 0.4) is 0 Å². The standard InChI is InChI=1S/C23H36O3/c1-22(2,3)18-11-16(12-19(20(18)24)23(4,5)6)21-25-13-17(14-26-21)15-9-7-8-10-15/h11-12,15,17,21,24H,7-10,13-14H2,1-6H3. The first-order valence-electron chi connectivity index (χ1n) is 10.2. The summed E-state index contributed by atoms with van der Waals surface area (Å²) in [5, 5.41) is 10.9. The smallest absolute Gasteiger partial charge is 0.183 e. The lowest BCUT2D eigenvalue weighted by Crippen LogP contribution is -2.31. The Morgan fingerprint density at radius 2 is 1.27 bits per heavy atom. The minimum Gasteiger partial charge on any atom is -0.507 e. The maximum Gasteiger partial charge on any atom is 0.183 e. The predicted octanol–water partition coefficient (Wildman–Crippen LogP) is 5.84. The molecule has 0 atom stereocenters. The fraction of sp³-hybridized carbons (Fsp3) is 0.739. The summed E-state index contributed by atoms with van der Waals surface area (Å²) in [4.78, 5) is 0. The number of phenolic OH excluding ortho intramolecular Hbond substituents is 1. The van der Waals surface area contributed by atoms with Crippen molar-refractivity contribution in [2.75, 3.05) is 13.2 Å². The molecule has 3 rings (SSSR count). The van der Waals surface area contributed by atoms with E-state index in [4.69, 9.17) is 9.47 Å². The van der Waals surface area contributed by atoms with E-state index in [1.165, 1.54) is 25.7 Å². The van der Waals surface area contributed by atoms with Crippen molar-refractivity contribution in [3.05, 3.63) is 28.8 Å². The van der Waals surface area contributed by atoms with Gasteiger partial charge < -0.3 is 14.6 Å². The fourth-order valence-electron chi connectivity index (χ4n) is 4.35. The Morgan fingerprint density at radius 3 is 1.69 bits per heavy atom. The number of phenols is 1. The molecular weight excluding hydrogens is 324 g/mol. The third-order valence-electron chi connectivity index (χ3n) is 6.01. The third-order valence-corrected chi connectivity index (χ3v) is 6.01. The topological polar surface area (TPSA) is 38.7 Å². The van der Waals surface area contributed by atoms with Gasteiger partial charge in [-0.3, -0.25) is 0 Å². The lowest BCUT2D eigenvalue weighted by Gasteiger charge is -2.34. The Balaban J connectivity index is 1.85. The van der Waals surface area contributed by atoms with E-state index in [1.807, 2.05) is 0 Å². The van der Waals surface area contributed by atoms with Gasteiger partial charge >= 0.3 is 0 Å². The van der Waals surface area contributed by atoms with Gasteiger partial charge in [-0.05, 0) is 40.0 Å². The number of benzene rings is 1. The van der Waals surface area contributed by atoms with Gasteiger partial charge in [-0.25, -0.2) is 0 Å². The van der Waals surface area contributed by atoms with E-state index in [0.717, 1.165) is 35.8 Å². The van der Waals surface area contributed by atoms with Crippen LogP contribution in [-0.4, -0.2) is 18.3 Å². The minimum absolute atomic E-state index is 0.138. The van der Waals surface area contributed by atoms with E-state index < -0.39 is 0 Å². The normalized spacial score (nSPS) is 25.6. The summed E-state index contributed by atoms with van der Waals surface area (Å²) in [6.07, 6.45) is 5.03. The Morgan fingerprint density at radius 1 is 0.808 bits per heavy atom.